The number of para-hydroxylation sites is 2. The predicted octanol–water partition coefficient (Wildman–Crippen LogP) is 13.1. The molecule has 0 aliphatic heterocycles. The second kappa shape index (κ2) is 13.2. The molecule has 11 rings (SSSR count). The molecule has 0 saturated heterocycles. The van der Waals surface area contributed by atoms with Gasteiger partial charge < -0.3 is 4.57 Å². The zero-order valence-electron chi connectivity index (χ0n) is 30.0. The van der Waals surface area contributed by atoms with Crippen LogP contribution < -0.4 is 0 Å². The summed E-state index contributed by atoms with van der Waals surface area (Å²) in [7, 11) is 0. The molecule has 0 amide bonds. The van der Waals surface area contributed by atoms with Crippen LogP contribution >= 0.6 is 11.3 Å². The van der Waals surface area contributed by atoms with Crippen molar-refractivity contribution in [2.75, 3.05) is 0 Å². The fourth-order valence-electron chi connectivity index (χ4n) is 7.93. The lowest BCUT2D eigenvalue weighted by Gasteiger charge is -2.14. The Morgan fingerprint density at radius 3 is 1.64 bits per heavy atom. The van der Waals surface area contributed by atoms with Gasteiger partial charge in [-0.2, -0.15) is 0 Å². The summed E-state index contributed by atoms with van der Waals surface area (Å²) >= 11 is 1.75. The van der Waals surface area contributed by atoms with Crippen molar-refractivity contribution in [2.24, 2.45) is 0 Å². The molecule has 0 radical (unpaired) electrons. The van der Waals surface area contributed by atoms with Crippen molar-refractivity contribution in [3.05, 3.63) is 188 Å². The molecule has 6 heteroatoms. The summed E-state index contributed by atoms with van der Waals surface area (Å²) in [6.07, 6.45) is 0. The summed E-state index contributed by atoms with van der Waals surface area (Å²) in [5, 5.41) is 5.69. The number of benzene rings is 8. The van der Waals surface area contributed by atoms with Gasteiger partial charge in [-0.1, -0.05) is 146 Å². The van der Waals surface area contributed by atoms with E-state index in [4.69, 9.17) is 19.9 Å². The number of rotatable bonds is 6. The molecule has 262 valence electrons. The molecule has 5 nitrogen and oxygen atoms in total. The summed E-state index contributed by atoms with van der Waals surface area (Å²) in [5.41, 5.74) is 10.8. The van der Waals surface area contributed by atoms with Crippen LogP contribution in [0.25, 0.3) is 104 Å². The standard InChI is InChI=1S/C50H31N5S/c1-3-14-33(15-4-1)47-52-48(34-16-5-2-6-17-34)54-49(53-47)39-31-30-36(37-18-7-8-19-38(37)39)32-26-28-35(29-27-32)55-43-23-11-9-20-40(43)46-41(21-13-24-44(46)55)50-51-42-22-10-12-25-45(42)56-50/h1-31H. The van der Waals surface area contributed by atoms with E-state index in [2.05, 4.69) is 132 Å². The van der Waals surface area contributed by atoms with Gasteiger partial charge in [-0.15, -0.1) is 11.3 Å². The lowest BCUT2D eigenvalue weighted by molar-refractivity contribution is 1.08. The molecule has 0 aliphatic rings. The molecule has 8 aromatic carbocycles. The van der Waals surface area contributed by atoms with Gasteiger partial charge in [-0.25, -0.2) is 19.9 Å². The third-order valence-corrected chi connectivity index (χ3v) is 11.6. The minimum Gasteiger partial charge on any atom is -0.309 e. The lowest BCUT2D eigenvalue weighted by atomic mass is 9.94. The quantitative estimate of drug-likeness (QED) is 0.171. The van der Waals surface area contributed by atoms with E-state index in [1.54, 1.807) is 11.3 Å². The first-order valence-corrected chi connectivity index (χ1v) is 19.5. The van der Waals surface area contributed by atoms with E-state index in [1.807, 2.05) is 60.7 Å². The average Bonchev–Trinajstić information content (AvgIpc) is 3.86. The van der Waals surface area contributed by atoms with E-state index < -0.39 is 0 Å². The first-order chi connectivity index (χ1) is 27.8. The van der Waals surface area contributed by atoms with Gasteiger partial charge in [-0.3, -0.25) is 0 Å². The van der Waals surface area contributed by atoms with Gasteiger partial charge in [0.2, 0.25) is 0 Å². The third kappa shape index (κ3) is 5.38. The number of aromatic nitrogens is 5. The number of hydrogen-bond acceptors (Lipinski definition) is 5. The lowest BCUT2D eigenvalue weighted by Crippen LogP contribution is -2.00. The number of thiazole rings is 1. The molecule has 0 unspecified atom stereocenters. The van der Waals surface area contributed by atoms with Crippen LogP contribution in [-0.4, -0.2) is 24.5 Å². The van der Waals surface area contributed by atoms with Crippen molar-refractivity contribution >= 4 is 54.1 Å². The van der Waals surface area contributed by atoms with Gasteiger partial charge in [0, 0.05) is 38.7 Å². The third-order valence-electron chi connectivity index (χ3n) is 10.5. The fraction of sp³-hybridized carbons (Fsp3) is 0. The maximum absolute atomic E-state index is 5.05. The van der Waals surface area contributed by atoms with Crippen molar-refractivity contribution < 1.29 is 0 Å². The van der Waals surface area contributed by atoms with Crippen molar-refractivity contribution in [2.45, 2.75) is 0 Å². The Kier molecular flexibility index (Phi) is 7.60. The van der Waals surface area contributed by atoms with Crippen LogP contribution in [0, 0.1) is 0 Å². The second-order valence-corrected chi connectivity index (χ2v) is 14.9. The van der Waals surface area contributed by atoms with Crippen LogP contribution in [0.15, 0.2) is 188 Å². The molecule has 56 heavy (non-hydrogen) atoms. The zero-order valence-corrected chi connectivity index (χ0v) is 30.9. The molecule has 0 atom stereocenters. The monoisotopic (exact) mass is 733 g/mol. The van der Waals surface area contributed by atoms with E-state index in [0.29, 0.717) is 17.5 Å². The molecular weight excluding hydrogens is 703 g/mol. The zero-order chi connectivity index (χ0) is 37.0. The summed E-state index contributed by atoms with van der Waals surface area (Å²) in [6, 6.07) is 65.7. The highest BCUT2D eigenvalue weighted by atomic mass is 32.1. The van der Waals surface area contributed by atoms with Gasteiger partial charge in [0.25, 0.3) is 0 Å². The predicted molar refractivity (Wildman–Crippen MR) is 232 cm³/mol. The Hall–Kier alpha value is -7.28. The van der Waals surface area contributed by atoms with E-state index >= 15 is 0 Å². The highest BCUT2D eigenvalue weighted by molar-refractivity contribution is 7.21. The number of nitrogens with zero attached hydrogens (tertiary/aromatic N) is 5. The Labute approximate surface area is 326 Å². The van der Waals surface area contributed by atoms with Crippen LogP contribution in [-0.2, 0) is 0 Å². The highest BCUT2D eigenvalue weighted by Gasteiger charge is 2.19. The second-order valence-electron chi connectivity index (χ2n) is 13.8. The smallest absolute Gasteiger partial charge is 0.164 e. The molecule has 3 heterocycles. The highest BCUT2D eigenvalue weighted by Crippen LogP contribution is 2.42. The Morgan fingerprint density at radius 1 is 0.357 bits per heavy atom. The van der Waals surface area contributed by atoms with E-state index in [0.717, 1.165) is 65.9 Å². The molecule has 0 fully saturated rings. The normalized spacial score (nSPS) is 11.6. The van der Waals surface area contributed by atoms with Crippen LogP contribution in [0.5, 0.6) is 0 Å². The van der Waals surface area contributed by atoms with Crippen molar-refractivity contribution in [1.82, 2.24) is 24.5 Å². The van der Waals surface area contributed by atoms with Crippen molar-refractivity contribution in [1.29, 1.82) is 0 Å². The first kappa shape index (κ1) is 32.2. The Balaban J connectivity index is 1.02. The molecule has 0 saturated carbocycles. The first-order valence-electron chi connectivity index (χ1n) is 18.6. The maximum Gasteiger partial charge on any atom is 0.164 e. The van der Waals surface area contributed by atoms with Crippen LogP contribution in [0.2, 0.25) is 0 Å². The molecular formula is C50H31N5S. The Morgan fingerprint density at radius 2 is 0.929 bits per heavy atom. The van der Waals surface area contributed by atoms with Gasteiger partial charge in [0.15, 0.2) is 17.5 Å². The van der Waals surface area contributed by atoms with E-state index in [1.165, 1.54) is 21.0 Å². The summed E-state index contributed by atoms with van der Waals surface area (Å²) < 4.78 is 3.57. The van der Waals surface area contributed by atoms with Crippen molar-refractivity contribution in [3.8, 4) is 61.5 Å². The minimum atomic E-state index is 0.646. The van der Waals surface area contributed by atoms with Gasteiger partial charge in [-0.05, 0) is 64.4 Å². The van der Waals surface area contributed by atoms with E-state index in [-0.39, 0.29) is 0 Å². The topological polar surface area (TPSA) is 56.5 Å². The molecule has 0 bridgehead atoms. The summed E-state index contributed by atoms with van der Waals surface area (Å²) in [5.74, 6) is 1.94. The number of fused-ring (bicyclic) bond motifs is 5. The Bertz CT molecular complexity index is 3150. The summed E-state index contributed by atoms with van der Waals surface area (Å²) in [6.45, 7) is 0. The SMILES string of the molecule is c1ccc(-c2nc(-c3ccccc3)nc(-c3ccc(-c4ccc(-n5c6ccccc6c6c(-c7nc8ccccc8s7)cccc65)cc4)c4ccccc34)n2)cc1. The van der Waals surface area contributed by atoms with Crippen molar-refractivity contribution in [3.63, 3.8) is 0 Å². The average molecular weight is 734 g/mol. The van der Waals surface area contributed by atoms with Crippen LogP contribution in [0.1, 0.15) is 0 Å². The largest absolute Gasteiger partial charge is 0.309 e. The molecule has 0 spiro atoms. The summed E-state index contributed by atoms with van der Waals surface area (Å²) in [4.78, 5) is 20.1. The maximum atomic E-state index is 5.05. The molecule has 0 N–H and O–H groups in total. The molecule has 3 aromatic heterocycles. The molecule has 11 aromatic rings. The van der Waals surface area contributed by atoms with Crippen LogP contribution in [0.4, 0.5) is 0 Å². The van der Waals surface area contributed by atoms with Gasteiger partial charge >= 0.3 is 0 Å². The van der Waals surface area contributed by atoms with Gasteiger partial charge in [0.05, 0.1) is 21.3 Å². The van der Waals surface area contributed by atoms with Crippen LogP contribution in [0.3, 0.4) is 0 Å². The minimum absolute atomic E-state index is 0.646. The molecule has 0 aliphatic carbocycles. The fourth-order valence-corrected chi connectivity index (χ4v) is 8.93. The number of hydrogen-bond donors (Lipinski definition) is 0. The van der Waals surface area contributed by atoms with Gasteiger partial charge in [0.1, 0.15) is 5.01 Å². The van der Waals surface area contributed by atoms with E-state index in [9.17, 15) is 0 Å².